The van der Waals surface area contributed by atoms with Gasteiger partial charge in [-0.05, 0) is 20.0 Å². The third kappa shape index (κ3) is 8.04. The zero-order valence-corrected chi connectivity index (χ0v) is 11.5. The second kappa shape index (κ2) is 9.30. The molecule has 17 heavy (non-hydrogen) atoms. The maximum Gasteiger partial charge on any atom is 0.325 e. The van der Waals surface area contributed by atoms with Crippen LogP contribution in [0, 0.1) is 0 Å². The van der Waals surface area contributed by atoms with Gasteiger partial charge in [-0.25, -0.2) is 0 Å². The van der Waals surface area contributed by atoms with E-state index in [-0.39, 0.29) is 5.91 Å². The fraction of sp³-hybridized carbons (Fsp3) is 0.818. The highest BCUT2D eigenvalue weighted by Crippen LogP contribution is 2.01. The molecule has 0 rings (SSSR count). The Morgan fingerprint density at radius 1 is 1.35 bits per heavy atom. The lowest BCUT2D eigenvalue weighted by atomic mass is 10.3. The number of rotatable bonds is 9. The summed E-state index contributed by atoms with van der Waals surface area (Å²) >= 11 is 1.53. The van der Waals surface area contributed by atoms with Crippen LogP contribution in [-0.4, -0.2) is 59.1 Å². The van der Waals surface area contributed by atoms with Crippen molar-refractivity contribution in [1.82, 2.24) is 10.2 Å². The van der Waals surface area contributed by atoms with Gasteiger partial charge in [-0.15, -0.1) is 0 Å². The van der Waals surface area contributed by atoms with Crippen LogP contribution in [0.5, 0.6) is 0 Å². The standard InChI is InChI=1S/C11H22N2O3S/c1-4-13(5-2)6-7-17-8-10(14)12-9(3)11(15)16/h9H,4-8H2,1-3H3,(H,12,14)(H,15,16). The summed E-state index contributed by atoms with van der Waals surface area (Å²) < 4.78 is 0. The first-order valence-electron chi connectivity index (χ1n) is 5.83. The maximum atomic E-state index is 11.3. The molecule has 0 radical (unpaired) electrons. The molecular weight excluding hydrogens is 240 g/mol. The molecule has 2 N–H and O–H groups in total. The molecule has 0 saturated carbocycles. The van der Waals surface area contributed by atoms with Crippen LogP contribution in [-0.2, 0) is 9.59 Å². The number of aliphatic carboxylic acids is 1. The summed E-state index contributed by atoms with van der Waals surface area (Å²) in [5.74, 6) is -0.0222. The molecule has 0 heterocycles. The van der Waals surface area contributed by atoms with Gasteiger partial charge in [0.1, 0.15) is 6.04 Å². The van der Waals surface area contributed by atoms with Crippen LogP contribution in [0.2, 0.25) is 0 Å². The zero-order chi connectivity index (χ0) is 13.3. The summed E-state index contributed by atoms with van der Waals surface area (Å²) in [6, 6.07) is -0.814. The number of hydrogen-bond donors (Lipinski definition) is 2. The monoisotopic (exact) mass is 262 g/mol. The predicted octanol–water partition coefficient (Wildman–Crippen LogP) is 0.651. The lowest BCUT2D eigenvalue weighted by molar-refractivity contribution is -0.140. The van der Waals surface area contributed by atoms with Crippen LogP contribution in [0.15, 0.2) is 0 Å². The molecule has 1 unspecified atom stereocenters. The van der Waals surface area contributed by atoms with E-state index in [2.05, 4.69) is 24.1 Å². The quantitative estimate of drug-likeness (QED) is 0.597. The first kappa shape index (κ1) is 16.2. The highest BCUT2D eigenvalue weighted by Gasteiger charge is 2.13. The molecule has 100 valence electrons. The van der Waals surface area contributed by atoms with Crippen molar-refractivity contribution in [2.45, 2.75) is 26.8 Å². The van der Waals surface area contributed by atoms with E-state index in [9.17, 15) is 9.59 Å². The molecule has 0 aliphatic heterocycles. The lowest BCUT2D eigenvalue weighted by Crippen LogP contribution is -2.39. The fourth-order valence-electron chi connectivity index (χ4n) is 1.24. The number of amides is 1. The molecule has 5 nitrogen and oxygen atoms in total. The van der Waals surface area contributed by atoms with Crippen molar-refractivity contribution in [2.75, 3.05) is 31.1 Å². The smallest absolute Gasteiger partial charge is 0.325 e. The molecule has 1 amide bonds. The fourth-order valence-corrected chi connectivity index (χ4v) is 2.04. The lowest BCUT2D eigenvalue weighted by Gasteiger charge is -2.17. The Morgan fingerprint density at radius 3 is 2.41 bits per heavy atom. The Kier molecular flexibility index (Phi) is 8.89. The van der Waals surface area contributed by atoms with Gasteiger partial charge >= 0.3 is 5.97 Å². The van der Waals surface area contributed by atoms with Gasteiger partial charge in [0.2, 0.25) is 5.91 Å². The first-order chi connectivity index (χ1) is 8.01. The summed E-state index contributed by atoms with van der Waals surface area (Å²) in [5, 5.41) is 11.0. The van der Waals surface area contributed by atoms with E-state index in [1.54, 1.807) is 0 Å². The maximum absolute atomic E-state index is 11.3. The molecule has 1 atom stereocenters. The van der Waals surface area contributed by atoms with Gasteiger partial charge in [-0.1, -0.05) is 13.8 Å². The summed E-state index contributed by atoms with van der Waals surface area (Å²) in [6.07, 6.45) is 0. The number of carbonyl (C=O) groups is 2. The molecule has 0 spiro atoms. The Balaban J connectivity index is 3.61. The molecular formula is C11H22N2O3S. The van der Waals surface area contributed by atoms with E-state index >= 15 is 0 Å². The Bertz CT molecular complexity index is 245. The number of carbonyl (C=O) groups excluding carboxylic acids is 1. The molecule has 6 heteroatoms. The third-order valence-corrected chi connectivity index (χ3v) is 3.36. The zero-order valence-electron chi connectivity index (χ0n) is 10.7. The largest absolute Gasteiger partial charge is 0.480 e. The van der Waals surface area contributed by atoms with Crippen molar-refractivity contribution in [1.29, 1.82) is 0 Å². The second-order valence-electron chi connectivity index (χ2n) is 3.71. The van der Waals surface area contributed by atoms with Crippen LogP contribution in [0.25, 0.3) is 0 Å². The molecule has 0 fully saturated rings. The van der Waals surface area contributed by atoms with E-state index in [4.69, 9.17) is 5.11 Å². The van der Waals surface area contributed by atoms with Crippen molar-refractivity contribution < 1.29 is 14.7 Å². The SMILES string of the molecule is CCN(CC)CCSCC(=O)NC(C)C(=O)O. The summed E-state index contributed by atoms with van der Waals surface area (Å²) in [4.78, 5) is 24.1. The van der Waals surface area contributed by atoms with Crippen LogP contribution in [0.4, 0.5) is 0 Å². The van der Waals surface area contributed by atoms with Crippen molar-refractivity contribution in [3.8, 4) is 0 Å². The van der Waals surface area contributed by atoms with Crippen molar-refractivity contribution >= 4 is 23.6 Å². The Labute approximate surface area is 107 Å². The van der Waals surface area contributed by atoms with E-state index in [1.165, 1.54) is 18.7 Å². The van der Waals surface area contributed by atoms with Gasteiger partial charge in [0.05, 0.1) is 5.75 Å². The minimum absolute atomic E-state index is 0.218. The third-order valence-electron chi connectivity index (χ3n) is 2.43. The van der Waals surface area contributed by atoms with E-state index in [0.29, 0.717) is 5.75 Å². The highest BCUT2D eigenvalue weighted by atomic mass is 32.2. The topological polar surface area (TPSA) is 69.6 Å². The van der Waals surface area contributed by atoms with Crippen molar-refractivity contribution in [2.24, 2.45) is 0 Å². The number of carboxylic acids is 1. The normalized spacial score (nSPS) is 12.5. The molecule has 0 aromatic carbocycles. The van der Waals surface area contributed by atoms with E-state index in [1.807, 2.05) is 0 Å². The van der Waals surface area contributed by atoms with Crippen LogP contribution in [0.3, 0.4) is 0 Å². The van der Waals surface area contributed by atoms with Gasteiger partial charge in [0.25, 0.3) is 0 Å². The minimum atomic E-state index is -1.01. The Morgan fingerprint density at radius 2 is 1.94 bits per heavy atom. The first-order valence-corrected chi connectivity index (χ1v) is 6.99. The average Bonchev–Trinajstić information content (AvgIpc) is 2.29. The summed E-state index contributed by atoms with van der Waals surface area (Å²) in [6.45, 7) is 8.66. The van der Waals surface area contributed by atoms with Gasteiger partial charge < -0.3 is 15.3 Å². The molecule has 0 aromatic rings. The van der Waals surface area contributed by atoms with Gasteiger partial charge in [-0.2, -0.15) is 11.8 Å². The van der Waals surface area contributed by atoms with Gasteiger partial charge in [0, 0.05) is 12.3 Å². The predicted molar refractivity (Wildman–Crippen MR) is 70.4 cm³/mol. The van der Waals surface area contributed by atoms with E-state index in [0.717, 1.165) is 25.4 Å². The number of thioether (sulfide) groups is 1. The molecule has 0 aliphatic carbocycles. The van der Waals surface area contributed by atoms with Crippen LogP contribution < -0.4 is 5.32 Å². The average molecular weight is 262 g/mol. The molecule has 0 aliphatic rings. The van der Waals surface area contributed by atoms with Gasteiger partial charge in [-0.3, -0.25) is 9.59 Å². The number of carboxylic acid groups (broad SMARTS) is 1. The van der Waals surface area contributed by atoms with Crippen LogP contribution in [0.1, 0.15) is 20.8 Å². The minimum Gasteiger partial charge on any atom is -0.480 e. The van der Waals surface area contributed by atoms with Crippen molar-refractivity contribution in [3.63, 3.8) is 0 Å². The highest BCUT2D eigenvalue weighted by molar-refractivity contribution is 7.99. The second-order valence-corrected chi connectivity index (χ2v) is 4.81. The Hall–Kier alpha value is -0.750. The van der Waals surface area contributed by atoms with Crippen LogP contribution >= 0.6 is 11.8 Å². The molecule has 0 aromatic heterocycles. The molecule has 0 bridgehead atoms. The number of hydrogen-bond acceptors (Lipinski definition) is 4. The van der Waals surface area contributed by atoms with Gasteiger partial charge in [0.15, 0.2) is 0 Å². The van der Waals surface area contributed by atoms with Crippen molar-refractivity contribution in [3.05, 3.63) is 0 Å². The molecule has 0 saturated heterocycles. The number of nitrogens with one attached hydrogen (secondary N) is 1. The summed E-state index contributed by atoms with van der Waals surface area (Å²) in [5.41, 5.74) is 0. The summed E-state index contributed by atoms with van der Waals surface area (Å²) in [7, 11) is 0. The van der Waals surface area contributed by atoms with E-state index < -0.39 is 12.0 Å². The number of nitrogens with zero attached hydrogens (tertiary/aromatic N) is 1.